The number of aryl methyl sites for hydroxylation is 1. The fraction of sp³-hybridized carbons (Fsp3) is 0.433. The molecule has 3 fully saturated rings. The summed E-state index contributed by atoms with van der Waals surface area (Å²) in [6.45, 7) is 7.85. The zero-order valence-corrected chi connectivity index (χ0v) is 23.8. The van der Waals surface area contributed by atoms with Gasteiger partial charge in [0.15, 0.2) is 6.10 Å². The Balaban J connectivity index is 0.00000280. The smallest absolute Gasteiger partial charge is 0.415 e. The van der Waals surface area contributed by atoms with Crippen molar-refractivity contribution in [2.45, 2.75) is 45.3 Å². The molecule has 1 atom stereocenters. The van der Waals surface area contributed by atoms with E-state index in [0.29, 0.717) is 12.5 Å². The maximum absolute atomic E-state index is 13.6. The topological polar surface area (TPSA) is 38.8 Å². The van der Waals surface area contributed by atoms with E-state index in [1.54, 1.807) is 11.3 Å². The Labute approximate surface area is 234 Å². The number of ether oxygens (including phenoxy) is 2. The Morgan fingerprint density at radius 2 is 2.00 bits per heavy atom. The molecule has 3 saturated heterocycles. The molecular formula is C30H35BrN2O3S. The van der Waals surface area contributed by atoms with Gasteiger partial charge in [-0.15, -0.1) is 11.3 Å². The summed E-state index contributed by atoms with van der Waals surface area (Å²) < 4.78 is 13.1. The van der Waals surface area contributed by atoms with Gasteiger partial charge in [0, 0.05) is 42.2 Å². The van der Waals surface area contributed by atoms with Gasteiger partial charge in [-0.1, -0.05) is 30.3 Å². The van der Waals surface area contributed by atoms with E-state index in [-0.39, 0.29) is 29.2 Å². The van der Waals surface area contributed by atoms with Crippen molar-refractivity contribution in [3.63, 3.8) is 0 Å². The molecule has 5 nitrogen and oxygen atoms in total. The number of hydrogen-bond donors (Lipinski definition) is 0. The van der Waals surface area contributed by atoms with E-state index in [4.69, 9.17) is 9.47 Å². The van der Waals surface area contributed by atoms with Crippen LogP contribution in [0.3, 0.4) is 0 Å². The summed E-state index contributed by atoms with van der Waals surface area (Å²) >= 11 is 1.68. The number of piperidine rings is 3. The highest BCUT2D eigenvalue weighted by molar-refractivity contribution is 7.09. The Morgan fingerprint density at radius 1 is 1.14 bits per heavy atom. The molecule has 2 aromatic carbocycles. The zero-order valence-electron chi connectivity index (χ0n) is 21.4. The molecule has 7 heteroatoms. The molecule has 7 rings (SSSR count). The third-order valence-corrected chi connectivity index (χ3v) is 9.21. The lowest BCUT2D eigenvalue weighted by molar-refractivity contribution is -0.945. The first-order valence-corrected chi connectivity index (χ1v) is 14.1. The van der Waals surface area contributed by atoms with Gasteiger partial charge in [0.25, 0.3) is 0 Å². The van der Waals surface area contributed by atoms with E-state index in [0.717, 1.165) is 71.7 Å². The van der Waals surface area contributed by atoms with Crippen LogP contribution in [0, 0.1) is 12.8 Å². The van der Waals surface area contributed by atoms with Crippen LogP contribution in [0.1, 0.15) is 34.4 Å². The number of fused-ring (bicyclic) bond motifs is 4. The molecule has 0 unspecified atom stereocenters. The van der Waals surface area contributed by atoms with Gasteiger partial charge in [0.05, 0.1) is 32.8 Å². The fourth-order valence-electron chi connectivity index (χ4n) is 6.24. The van der Waals surface area contributed by atoms with Crippen LogP contribution in [-0.2, 0) is 24.1 Å². The normalized spacial score (nSPS) is 23.6. The van der Waals surface area contributed by atoms with Crippen LogP contribution in [0.5, 0.6) is 5.75 Å². The molecule has 1 amide bonds. The molecule has 4 aliphatic rings. The second-order valence-corrected chi connectivity index (χ2v) is 11.8. The second-order valence-electron chi connectivity index (χ2n) is 10.7. The van der Waals surface area contributed by atoms with Crippen molar-refractivity contribution >= 4 is 23.1 Å². The fourth-order valence-corrected chi connectivity index (χ4v) is 6.93. The minimum Gasteiger partial charge on any atom is -1.00 e. The summed E-state index contributed by atoms with van der Waals surface area (Å²) in [5.41, 5.74) is 4.79. The Morgan fingerprint density at radius 3 is 2.78 bits per heavy atom. The van der Waals surface area contributed by atoms with Crippen LogP contribution in [0.25, 0.3) is 0 Å². The lowest BCUT2D eigenvalue weighted by Gasteiger charge is -2.52. The molecule has 37 heavy (non-hydrogen) atoms. The molecule has 2 bridgehead atoms. The number of halogens is 1. The van der Waals surface area contributed by atoms with Gasteiger partial charge in [0.1, 0.15) is 12.3 Å². The van der Waals surface area contributed by atoms with Gasteiger partial charge in [-0.2, -0.15) is 0 Å². The van der Waals surface area contributed by atoms with E-state index < -0.39 is 0 Å². The molecule has 196 valence electrons. The maximum Gasteiger partial charge on any atom is 0.415 e. The highest BCUT2D eigenvalue weighted by Crippen LogP contribution is 2.37. The number of benzene rings is 2. The summed E-state index contributed by atoms with van der Waals surface area (Å²) in [4.78, 5) is 16.6. The number of amides is 1. The largest absolute Gasteiger partial charge is 1.00 e. The van der Waals surface area contributed by atoms with Crippen LogP contribution < -0.4 is 26.6 Å². The lowest BCUT2D eigenvalue weighted by atomic mass is 9.83. The van der Waals surface area contributed by atoms with Crippen molar-refractivity contribution in [2.24, 2.45) is 5.92 Å². The molecule has 3 aromatic rings. The zero-order chi connectivity index (χ0) is 24.5. The number of rotatable bonds is 7. The van der Waals surface area contributed by atoms with E-state index >= 15 is 0 Å². The standard InChI is InChI=1S/C30H35N2O3S.BrH/c1-22-4-2-5-26(18-22)31(20-27-6-3-17-36-27)30(33)35-29-21-32(14-10-24(29)11-15-32)13-9-23-7-8-28-25(19-23)12-16-34-28;/h2-8,17-19,24,29H,9-16,20-21H2,1H3;1H/q+1;/p-1/t24?,29-,32?;/m0./s1. The maximum atomic E-state index is 13.6. The van der Waals surface area contributed by atoms with Gasteiger partial charge in [-0.05, 0) is 53.3 Å². The summed E-state index contributed by atoms with van der Waals surface area (Å²) in [6, 6.07) is 19.0. The summed E-state index contributed by atoms with van der Waals surface area (Å²) in [5.74, 6) is 1.53. The third kappa shape index (κ3) is 5.74. The number of anilines is 1. The van der Waals surface area contributed by atoms with Crippen molar-refractivity contribution in [3.05, 3.63) is 81.5 Å². The predicted molar refractivity (Wildman–Crippen MR) is 144 cm³/mol. The average molecular weight is 584 g/mol. The van der Waals surface area contributed by atoms with Crippen molar-refractivity contribution < 1.29 is 35.7 Å². The van der Waals surface area contributed by atoms with Gasteiger partial charge in [0.2, 0.25) is 0 Å². The molecule has 0 N–H and O–H groups in total. The van der Waals surface area contributed by atoms with Gasteiger partial charge in [-0.25, -0.2) is 4.79 Å². The Kier molecular flexibility index (Phi) is 7.93. The van der Waals surface area contributed by atoms with Gasteiger partial charge in [-0.3, -0.25) is 4.90 Å². The first-order valence-electron chi connectivity index (χ1n) is 13.2. The van der Waals surface area contributed by atoms with E-state index in [1.165, 1.54) is 24.2 Å². The van der Waals surface area contributed by atoms with Crippen LogP contribution >= 0.6 is 11.3 Å². The molecule has 0 radical (unpaired) electrons. The summed E-state index contributed by atoms with van der Waals surface area (Å²) in [7, 11) is 0. The number of thiophene rings is 1. The molecular weight excluding hydrogens is 548 g/mol. The van der Waals surface area contributed by atoms with Gasteiger partial charge < -0.3 is 30.9 Å². The summed E-state index contributed by atoms with van der Waals surface area (Å²) in [5, 5.41) is 2.06. The first kappa shape index (κ1) is 26.3. The number of hydrogen-bond acceptors (Lipinski definition) is 4. The Bertz CT molecular complexity index is 1220. The highest BCUT2D eigenvalue weighted by Gasteiger charge is 2.47. The number of carbonyl (C=O) groups is 1. The SMILES string of the molecule is Cc1cccc(N(Cc2cccs2)C(=O)O[C@H]2C[N+]3(CCc4ccc5c(c4)CCO5)CCC2CC3)c1.[Br-]. The van der Waals surface area contributed by atoms with Gasteiger partial charge >= 0.3 is 6.09 Å². The predicted octanol–water partition coefficient (Wildman–Crippen LogP) is 2.99. The quantitative estimate of drug-likeness (QED) is 0.402. The number of carbonyl (C=O) groups excluding carboxylic acids is 1. The van der Waals surface area contributed by atoms with E-state index in [1.807, 2.05) is 23.1 Å². The molecule has 0 aliphatic carbocycles. The van der Waals surface area contributed by atoms with Crippen molar-refractivity contribution in [3.8, 4) is 5.75 Å². The second kappa shape index (κ2) is 11.2. The Hall–Kier alpha value is -2.35. The summed E-state index contributed by atoms with van der Waals surface area (Å²) in [6.07, 6.45) is 4.14. The number of quaternary nitrogens is 1. The molecule has 5 heterocycles. The molecule has 1 aromatic heterocycles. The van der Waals surface area contributed by atoms with Crippen molar-refractivity contribution in [1.29, 1.82) is 0 Å². The first-order chi connectivity index (χ1) is 17.6. The van der Waals surface area contributed by atoms with Crippen LogP contribution in [0.4, 0.5) is 10.5 Å². The van der Waals surface area contributed by atoms with Crippen LogP contribution in [0.2, 0.25) is 0 Å². The minimum atomic E-state index is -0.218. The van der Waals surface area contributed by atoms with E-state index in [9.17, 15) is 4.79 Å². The third-order valence-electron chi connectivity index (χ3n) is 8.35. The average Bonchev–Trinajstić information content (AvgIpc) is 3.58. The molecule has 0 spiro atoms. The number of nitrogens with zero attached hydrogens (tertiary/aromatic N) is 2. The monoisotopic (exact) mass is 582 g/mol. The van der Waals surface area contributed by atoms with Crippen LogP contribution in [-0.4, -0.2) is 49.5 Å². The molecule has 4 aliphatic heterocycles. The highest BCUT2D eigenvalue weighted by atomic mass is 79.9. The minimum absolute atomic E-state index is 0. The molecule has 0 saturated carbocycles. The lowest BCUT2D eigenvalue weighted by Crippen LogP contribution is -3.00. The van der Waals surface area contributed by atoms with Crippen LogP contribution in [0.15, 0.2) is 60.0 Å². The van der Waals surface area contributed by atoms with E-state index in [2.05, 4.69) is 48.7 Å². The van der Waals surface area contributed by atoms with Crippen molar-refractivity contribution in [1.82, 2.24) is 0 Å². The van der Waals surface area contributed by atoms with Crippen molar-refractivity contribution in [2.75, 3.05) is 37.7 Å².